The zero-order chi connectivity index (χ0) is 14.8. The van der Waals surface area contributed by atoms with Crippen molar-refractivity contribution >= 4 is 11.8 Å². The van der Waals surface area contributed by atoms with Crippen LogP contribution in [0.25, 0.3) is 0 Å². The maximum atomic E-state index is 4.44. The van der Waals surface area contributed by atoms with E-state index in [0.29, 0.717) is 6.04 Å². The molecule has 0 spiro atoms. The molecule has 0 radical (unpaired) electrons. The van der Waals surface area contributed by atoms with Gasteiger partial charge in [0.1, 0.15) is 5.82 Å². The molecule has 2 aliphatic heterocycles. The highest BCUT2D eigenvalue weighted by atomic mass is 15.4. The van der Waals surface area contributed by atoms with Crippen LogP contribution in [0.3, 0.4) is 0 Å². The Bertz CT molecular complexity index is 591. The van der Waals surface area contributed by atoms with Crippen molar-refractivity contribution in [2.24, 2.45) is 0 Å². The van der Waals surface area contributed by atoms with E-state index in [1.165, 1.54) is 0 Å². The Morgan fingerprint density at radius 2 is 1.50 bits per heavy atom. The van der Waals surface area contributed by atoms with E-state index in [-0.39, 0.29) is 0 Å². The lowest BCUT2D eigenvalue weighted by atomic mass is 10.1. The number of aromatic nitrogens is 3. The van der Waals surface area contributed by atoms with E-state index in [4.69, 9.17) is 0 Å². The van der Waals surface area contributed by atoms with Gasteiger partial charge in [-0.05, 0) is 18.2 Å². The Labute approximate surface area is 130 Å². The third-order valence-corrected chi connectivity index (χ3v) is 4.50. The molecule has 2 aliphatic rings. The summed E-state index contributed by atoms with van der Waals surface area (Å²) in [6, 6.07) is 8.60. The summed E-state index contributed by atoms with van der Waals surface area (Å²) in [5.41, 5.74) is 0. The molecule has 0 saturated carbocycles. The van der Waals surface area contributed by atoms with Crippen LogP contribution in [0.4, 0.5) is 11.8 Å². The van der Waals surface area contributed by atoms with Crippen molar-refractivity contribution in [3.05, 3.63) is 42.9 Å². The molecule has 4 rings (SSSR count). The molecule has 0 aromatic carbocycles. The van der Waals surface area contributed by atoms with E-state index in [0.717, 1.165) is 51.0 Å². The van der Waals surface area contributed by atoms with Crippen LogP contribution in [0.15, 0.2) is 42.9 Å². The molecule has 6 heteroatoms. The zero-order valence-corrected chi connectivity index (χ0v) is 12.5. The summed E-state index contributed by atoms with van der Waals surface area (Å²) in [6.07, 6.45) is 5.48. The number of pyridine rings is 1. The Balaban J connectivity index is 1.29. The summed E-state index contributed by atoms with van der Waals surface area (Å²) in [6.45, 7) is 6.38. The van der Waals surface area contributed by atoms with Crippen molar-refractivity contribution in [2.45, 2.75) is 6.04 Å². The lowest BCUT2D eigenvalue weighted by Crippen LogP contribution is -2.63. The average Bonchev–Trinajstić information content (AvgIpc) is 2.56. The minimum atomic E-state index is 0.634. The van der Waals surface area contributed by atoms with Gasteiger partial charge in [-0.1, -0.05) is 6.07 Å². The maximum absolute atomic E-state index is 4.44. The quantitative estimate of drug-likeness (QED) is 0.838. The largest absolute Gasteiger partial charge is 0.354 e. The molecular weight excluding hydrogens is 276 g/mol. The van der Waals surface area contributed by atoms with E-state index in [9.17, 15) is 0 Å². The van der Waals surface area contributed by atoms with E-state index in [2.05, 4.69) is 41.8 Å². The van der Waals surface area contributed by atoms with Crippen molar-refractivity contribution < 1.29 is 0 Å². The highest BCUT2D eigenvalue weighted by molar-refractivity contribution is 5.39. The summed E-state index contributed by atoms with van der Waals surface area (Å²) < 4.78 is 0. The van der Waals surface area contributed by atoms with Gasteiger partial charge in [0.2, 0.25) is 5.95 Å². The monoisotopic (exact) mass is 296 g/mol. The second-order valence-electron chi connectivity index (χ2n) is 5.82. The smallest absolute Gasteiger partial charge is 0.225 e. The van der Waals surface area contributed by atoms with Gasteiger partial charge in [0.25, 0.3) is 0 Å². The molecule has 2 aromatic heterocycles. The predicted molar refractivity (Wildman–Crippen MR) is 86.1 cm³/mol. The maximum Gasteiger partial charge on any atom is 0.225 e. The summed E-state index contributed by atoms with van der Waals surface area (Å²) in [7, 11) is 0. The van der Waals surface area contributed by atoms with E-state index in [1.54, 1.807) is 12.4 Å². The standard InChI is InChI=1S/C16H20N6/c1-2-5-17-15(4-1)21-10-8-20(9-11-21)14-12-22(13-14)16-18-6-3-7-19-16/h1-7,14H,8-13H2. The first-order chi connectivity index (χ1) is 10.9. The molecule has 0 amide bonds. The fraction of sp³-hybridized carbons (Fsp3) is 0.438. The number of hydrogen-bond acceptors (Lipinski definition) is 6. The summed E-state index contributed by atoms with van der Waals surface area (Å²) in [5, 5.41) is 0. The van der Waals surface area contributed by atoms with Crippen LogP contribution in [-0.4, -0.2) is 65.2 Å². The Kier molecular flexibility index (Phi) is 3.60. The SMILES string of the molecule is c1ccc(N2CCN(C3CN(c4ncccn4)C3)CC2)nc1. The van der Waals surface area contributed by atoms with Gasteiger partial charge >= 0.3 is 0 Å². The summed E-state index contributed by atoms with van der Waals surface area (Å²) in [5.74, 6) is 1.95. The van der Waals surface area contributed by atoms with E-state index in [1.807, 2.05) is 18.3 Å². The van der Waals surface area contributed by atoms with Crippen LogP contribution in [0.5, 0.6) is 0 Å². The van der Waals surface area contributed by atoms with Crippen molar-refractivity contribution in [2.75, 3.05) is 49.1 Å². The van der Waals surface area contributed by atoms with Crippen molar-refractivity contribution in [3.63, 3.8) is 0 Å². The van der Waals surface area contributed by atoms with E-state index >= 15 is 0 Å². The Morgan fingerprint density at radius 3 is 2.18 bits per heavy atom. The molecule has 2 fully saturated rings. The Morgan fingerprint density at radius 1 is 0.773 bits per heavy atom. The van der Waals surface area contributed by atoms with Gasteiger partial charge in [0, 0.05) is 63.9 Å². The lowest BCUT2D eigenvalue weighted by Gasteiger charge is -2.48. The van der Waals surface area contributed by atoms with Crippen molar-refractivity contribution in [3.8, 4) is 0 Å². The minimum absolute atomic E-state index is 0.634. The van der Waals surface area contributed by atoms with Gasteiger partial charge in [-0.3, -0.25) is 4.90 Å². The molecule has 6 nitrogen and oxygen atoms in total. The molecule has 0 unspecified atom stereocenters. The number of rotatable bonds is 3. The van der Waals surface area contributed by atoms with Gasteiger partial charge in [-0.2, -0.15) is 0 Å². The first-order valence-electron chi connectivity index (χ1n) is 7.82. The minimum Gasteiger partial charge on any atom is -0.354 e. The number of anilines is 2. The van der Waals surface area contributed by atoms with Crippen LogP contribution in [0.2, 0.25) is 0 Å². The molecular formula is C16H20N6. The third kappa shape index (κ3) is 2.62. The molecule has 2 saturated heterocycles. The molecule has 0 N–H and O–H groups in total. The number of nitrogens with zero attached hydrogens (tertiary/aromatic N) is 6. The molecule has 0 atom stereocenters. The topological polar surface area (TPSA) is 48.4 Å². The van der Waals surface area contributed by atoms with Gasteiger partial charge in [0.05, 0.1) is 0 Å². The van der Waals surface area contributed by atoms with Gasteiger partial charge in [-0.15, -0.1) is 0 Å². The molecule has 0 bridgehead atoms. The van der Waals surface area contributed by atoms with Crippen LogP contribution < -0.4 is 9.80 Å². The average molecular weight is 296 g/mol. The number of piperazine rings is 1. The fourth-order valence-electron chi connectivity index (χ4n) is 3.16. The summed E-state index contributed by atoms with van der Waals surface area (Å²) in [4.78, 5) is 20.3. The third-order valence-electron chi connectivity index (χ3n) is 4.50. The Hall–Kier alpha value is -2.21. The van der Waals surface area contributed by atoms with Crippen LogP contribution in [-0.2, 0) is 0 Å². The molecule has 4 heterocycles. The summed E-state index contributed by atoms with van der Waals surface area (Å²) >= 11 is 0. The number of hydrogen-bond donors (Lipinski definition) is 0. The van der Waals surface area contributed by atoms with Crippen LogP contribution >= 0.6 is 0 Å². The molecule has 114 valence electrons. The van der Waals surface area contributed by atoms with Gasteiger partial charge in [-0.25, -0.2) is 15.0 Å². The lowest BCUT2D eigenvalue weighted by molar-refractivity contribution is 0.156. The van der Waals surface area contributed by atoms with E-state index < -0.39 is 0 Å². The first kappa shape index (κ1) is 13.5. The molecule has 22 heavy (non-hydrogen) atoms. The molecule has 0 aliphatic carbocycles. The molecule has 2 aromatic rings. The second kappa shape index (κ2) is 5.88. The van der Waals surface area contributed by atoms with Crippen molar-refractivity contribution in [1.29, 1.82) is 0 Å². The normalized spacial score (nSPS) is 20.0. The second-order valence-corrected chi connectivity index (χ2v) is 5.82. The van der Waals surface area contributed by atoms with Crippen molar-refractivity contribution in [1.82, 2.24) is 19.9 Å². The van der Waals surface area contributed by atoms with Crippen LogP contribution in [0.1, 0.15) is 0 Å². The van der Waals surface area contributed by atoms with Gasteiger partial charge in [0.15, 0.2) is 0 Å². The first-order valence-corrected chi connectivity index (χ1v) is 7.82. The highest BCUT2D eigenvalue weighted by Crippen LogP contribution is 2.22. The highest BCUT2D eigenvalue weighted by Gasteiger charge is 2.34. The predicted octanol–water partition coefficient (Wildman–Crippen LogP) is 0.882. The zero-order valence-electron chi connectivity index (χ0n) is 12.5. The van der Waals surface area contributed by atoms with Gasteiger partial charge < -0.3 is 9.80 Å². The van der Waals surface area contributed by atoms with Crippen LogP contribution in [0, 0.1) is 0 Å². The fourth-order valence-corrected chi connectivity index (χ4v) is 3.16.